The number of hydrogen-bond acceptors (Lipinski definition) is 4. The van der Waals surface area contributed by atoms with Gasteiger partial charge in [-0.15, -0.1) is 10.2 Å². The summed E-state index contributed by atoms with van der Waals surface area (Å²) >= 11 is 1.62. The minimum absolute atomic E-state index is 0.400. The first kappa shape index (κ1) is 10.7. The van der Waals surface area contributed by atoms with E-state index in [0.717, 1.165) is 23.0 Å². The largest absolute Gasteiger partial charge is 0.353 e. The van der Waals surface area contributed by atoms with Crippen molar-refractivity contribution in [2.75, 3.05) is 5.32 Å². The highest BCUT2D eigenvalue weighted by Gasteiger charge is 2.23. The molecule has 4 heteroatoms. The maximum Gasteiger partial charge on any atom is 0.206 e. The van der Waals surface area contributed by atoms with Gasteiger partial charge in [0.1, 0.15) is 5.01 Å². The molecule has 1 unspecified atom stereocenters. The molecule has 1 heterocycles. The van der Waals surface area contributed by atoms with E-state index >= 15 is 0 Å². The average Bonchev–Trinajstić information content (AvgIpc) is 2.87. The van der Waals surface area contributed by atoms with Crippen molar-refractivity contribution < 1.29 is 0 Å². The Morgan fingerprint density at radius 1 is 1.29 bits per heavy atom. The Labute approximate surface area is 105 Å². The first-order chi connectivity index (χ1) is 8.22. The van der Waals surface area contributed by atoms with Crippen LogP contribution in [0, 0.1) is 13.8 Å². The lowest BCUT2D eigenvalue weighted by Crippen LogP contribution is -2.06. The fourth-order valence-electron chi connectivity index (χ4n) is 2.38. The number of benzene rings is 1. The summed E-state index contributed by atoms with van der Waals surface area (Å²) in [5.41, 5.74) is 4.22. The molecule has 1 aliphatic rings. The van der Waals surface area contributed by atoms with E-state index in [9.17, 15) is 0 Å². The van der Waals surface area contributed by atoms with Crippen molar-refractivity contribution in [3.8, 4) is 0 Å². The van der Waals surface area contributed by atoms with Gasteiger partial charge in [-0.25, -0.2) is 0 Å². The van der Waals surface area contributed by atoms with E-state index in [1.54, 1.807) is 11.3 Å². The normalized spacial score (nSPS) is 18.1. The molecule has 1 N–H and O–H groups in total. The number of fused-ring (bicyclic) bond motifs is 1. The van der Waals surface area contributed by atoms with E-state index in [0.29, 0.717) is 6.04 Å². The van der Waals surface area contributed by atoms with Crippen LogP contribution in [0.1, 0.15) is 34.2 Å². The number of aryl methyl sites for hydroxylation is 3. The molecule has 0 radical (unpaired) electrons. The van der Waals surface area contributed by atoms with Gasteiger partial charge in [-0.1, -0.05) is 35.1 Å². The van der Waals surface area contributed by atoms with E-state index in [-0.39, 0.29) is 0 Å². The van der Waals surface area contributed by atoms with Gasteiger partial charge >= 0.3 is 0 Å². The van der Waals surface area contributed by atoms with Crippen molar-refractivity contribution in [3.63, 3.8) is 0 Å². The molecule has 0 spiro atoms. The van der Waals surface area contributed by atoms with Crippen molar-refractivity contribution in [3.05, 3.63) is 39.9 Å². The molecule has 0 saturated carbocycles. The average molecular weight is 245 g/mol. The van der Waals surface area contributed by atoms with Crippen LogP contribution in [0.15, 0.2) is 18.2 Å². The van der Waals surface area contributed by atoms with Crippen molar-refractivity contribution in [2.45, 2.75) is 32.7 Å². The van der Waals surface area contributed by atoms with Crippen molar-refractivity contribution >= 4 is 16.5 Å². The fraction of sp³-hybridized carbons (Fsp3) is 0.385. The van der Waals surface area contributed by atoms with Crippen molar-refractivity contribution in [2.24, 2.45) is 0 Å². The molecule has 3 nitrogen and oxygen atoms in total. The summed E-state index contributed by atoms with van der Waals surface area (Å²) in [4.78, 5) is 0. The molecule has 1 aliphatic carbocycles. The third-order valence-corrected chi connectivity index (χ3v) is 3.97. The van der Waals surface area contributed by atoms with Crippen molar-refractivity contribution in [1.29, 1.82) is 0 Å². The number of nitrogens with zero attached hydrogens (tertiary/aromatic N) is 2. The van der Waals surface area contributed by atoms with Gasteiger partial charge in [0.15, 0.2) is 0 Å². The summed E-state index contributed by atoms with van der Waals surface area (Å²) in [5.74, 6) is 0. The zero-order valence-corrected chi connectivity index (χ0v) is 10.8. The van der Waals surface area contributed by atoms with Crippen LogP contribution in [0.3, 0.4) is 0 Å². The van der Waals surface area contributed by atoms with E-state index in [4.69, 9.17) is 0 Å². The topological polar surface area (TPSA) is 37.8 Å². The highest BCUT2D eigenvalue weighted by Crippen LogP contribution is 2.34. The molecule has 1 atom stereocenters. The summed E-state index contributed by atoms with van der Waals surface area (Å²) in [6.45, 7) is 4.13. The number of rotatable bonds is 2. The first-order valence-corrected chi connectivity index (χ1v) is 6.70. The van der Waals surface area contributed by atoms with E-state index in [1.807, 2.05) is 6.92 Å². The Morgan fingerprint density at radius 3 is 2.94 bits per heavy atom. The minimum Gasteiger partial charge on any atom is -0.353 e. The Kier molecular flexibility index (Phi) is 2.59. The smallest absolute Gasteiger partial charge is 0.206 e. The van der Waals surface area contributed by atoms with E-state index in [1.165, 1.54) is 16.7 Å². The Bertz CT molecular complexity index is 547. The molecule has 0 amide bonds. The quantitative estimate of drug-likeness (QED) is 0.882. The Balaban J connectivity index is 1.86. The summed E-state index contributed by atoms with van der Waals surface area (Å²) in [6.07, 6.45) is 2.31. The fourth-order valence-corrected chi connectivity index (χ4v) is 3.02. The predicted octanol–water partition coefficient (Wildman–Crippen LogP) is 3.25. The second kappa shape index (κ2) is 4.11. The number of nitrogens with one attached hydrogen (secondary N) is 1. The highest BCUT2D eigenvalue weighted by molar-refractivity contribution is 7.15. The first-order valence-electron chi connectivity index (χ1n) is 5.88. The van der Waals surface area contributed by atoms with Crippen LogP contribution in [0.5, 0.6) is 0 Å². The third-order valence-electron chi connectivity index (χ3n) is 3.20. The number of hydrogen-bond donors (Lipinski definition) is 1. The van der Waals surface area contributed by atoms with Crippen LogP contribution in [-0.2, 0) is 6.42 Å². The maximum absolute atomic E-state index is 4.13. The van der Waals surface area contributed by atoms with Crippen LogP contribution in [0.2, 0.25) is 0 Å². The van der Waals surface area contributed by atoms with Gasteiger partial charge in [-0.3, -0.25) is 0 Å². The molecule has 3 rings (SSSR count). The summed E-state index contributed by atoms with van der Waals surface area (Å²) in [5, 5.41) is 13.6. The molecule has 0 aliphatic heterocycles. The second-order valence-corrected chi connectivity index (χ2v) is 5.75. The molecular weight excluding hydrogens is 230 g/mol. The van der Waals surface area contributed by atoms with Gasteiger partial charge in [-0.05, 0) is 37.8 Å². The third kappa shape index (κ3) is 2.05. The molecule has 0 bridgehead atoms. The Hall–Kier alpha value is -1.42. The molecule has 0 fully saturated rings. The van der Waals surface area contributed by atoms with E-state index in [2.05, 4.69) is 40.6 Å². The zero-order valence-electron chi connectivity index (χ0n) is 10.0. The number of aromatic nitrogens is 2. The van der Waals surface area contributed by atoms with Gasteiger partial charge < -0.3 is 5.32 Å². The zero-order chi connectivity index (χ0) is 11.8. The van der Waals surface area contributed by atoms with Gasteiger partial charge in [0.25, 0.3) is 0 Å². The molecule has 17 heavy (non-hydrogen) atoms. The lowest BCUT2D eigenvalue weighted by Gasteiger charge is -2.12. The van der Waals surface area contributed by atoms with Crippen LogP contribution in [-0.4, -0.2) is 10.2 Å². The van der Waals surface area contributed by atoms with Gasteiger partial charge in [0, 0.05) is 0 Å². The predicted molar refractivity (Wildman–Crippen MR) is 70.5 cm³/mol. The molecule has 1 aromatic heterocycles. The van der Waals surface area contributed by atoms with Crippen molar-refractivity contribution in [1.82, 2.24) is 10.2 Å². The lowest BCUT2D eigenvalue weighted by molar-refractivity contribution is 0.758. The van der Waals surface area contributed by atoms with Crippen LogP contribution in [0.4, 0.5) is 5.13 Å². The minimum atomic E-state index is 0.400. The van der Waals surface area contributed by atoms with Crippen LogP contribution >= 0.6 is 11.3 Å². The molecule has 88 valence electrons. The summed E-state index contributed by atoms with van der Waals surface area (Å²) in [6, 6.07) is 7.12. The van der Waals surface area contributed by atoms with Gasteiger partial charge in [0.2, 0.25) is 5.13 Å². The Morgan fingerprint density at radius 2 is 2.18 bits per heavy atom. The SMILES string of the molecule is Cc1ccc2c(c1)C(Nc1nnc(C)s1)CC2. The summed E-state index contributed by atoms with van der Waals surface area (Å²) in [7, 11) is 0. The molecular formula is C13H15N3S. The van der Waals surface area contributed by atoms with Crippen LogP contribution < -0.4 is 5.32 Å². The van der Waals surface area contributed by atoms with Gasteiger partial charge in [-0.2, -0.15) is 0 Å². The highest BCUT2D eigenvalue weighted by atomic mass is 32.1. The van der Waals surface area contributed by atoms with Gasteiger partial charge in [0.05, 0.1) is 6.04 Å². The van der Waals surface area contributed by atoms with E-state index < -0.39 is 0 Å². The second-order valence-electron chi connectivity index (χ2n) is 4.56. The number of anilines is 1. The molecule has 0 saturated heterocycles. The molecule has 1 aromatic carbocycles. The maximum atomic E-state index is 4.13. The monoisotopic (exact) mass is 245 g/mol. The lowest BCUT2D eigenvalue weighted by atomic mass is 10.1. The molecule has 2 aromatic rings. The standard InChI is InChI=1S/C13H15N3S/c1-8-3-4-10-5-6-12(11(10)7-8)14-13-16-15-9(2)17-13/h3-4,7,12H,5-6H2,1-2H3,(H,14,16). The van der Waals surface area contributed by atoms with Crippen LogP contribution in [0.25, 0.3) is 0 Å². The summed E-state index contributed by atoms with van der Waals surface area (Å²) < 4.78 is 0.